The lowest BCUT2D eigenvalue weighted by atomic mass is 10.1. The molecule has 5 rings (SSSR count). The van der Waals surface area contributed by atoms with Crippen LogP contribution in [0.15, 0.2) is 89.9 Å². The van der Waals surface area contributed by atoms with Gasteiger partial charge in [0.2, 0.25) is 0 Å². The maximum Gasteiger partial charge on any atom is 0.278 e. The van der Waals surface area contributed by atoms with Crippen LogP contribution in [0.4, 0.5) is 0 Å². The lowest BCUT2D eigenvalue weighted by Gasteiger charge is -2.13. The molecule has 0 radical (unpaired) electrons. The van der Waals surface area contributed by atoms with Gasteiger partial charge in [-0.2, -0.15) is 5.10 Å². The number of para-hydroxylation sites is 1. The Morgan fingerprint density at radius 2 is 1.48 bits per heavy atom. The fraction of sp³-hybridized carbons (Fsp3) is 0.0833. The summed E-state index contributed by atoms with van der Waals surface area (Å²) in [6, 6.07) is 25.8. The molecule has 3 aromatic rings. The zero-order valence-electron chi connectivity index (χ0n) is 15.6. The second-order valence-corrected chi connectivity index (χ2v) is 7.55. The van der Waals surface area contributed by atoms with Gasteiger partial charge in [0.1, 0.15) is 5.69 Å². The van der Waals surface area contributed by atoms with E-state index in [1.54, 1.807) is 0 Å². The molecule has 0 aliphatic carbocycles. The monoisotopic (exact) mass is 399 g/mol. The van der Waals surface area contributed by atoms with Crippen LogP contribution in [-0.2, 0) is 13.1 Å². The van der Waals surface area contributed by atoms with Crippen LogP contribution in [0.3, 0.4) is 0 Å². The third-order valence-corrected chi connectivity index (χ3v) is 5.39. The number of halogens is 1. The van der Waals surface area contributed by atoms with Crippen LogP contribution in [0.1, 0.15) is 11.1 Å². The molecule has 142 valence electrons. The molecule has 5 heteroatoms. The Morgan fingerprint density at radius 1 is 0.793 bits per heavy atom. The first-order valence-corrected chi connectivity index (χ1v) is 9.84. The number of aromatic nitrogens is 3. The zero-order chi connectivity index (χ0) is 19.8. The highest BCUT2D eigenvalue weighted by Gasteiger charge is 2.20. The molecule has 2 aliphatic heterocycles. The molecule has 0 aromatic heterocycles. The van der Waals surface area contributed by atoms with Gasteiger partial charge in [0.05, 0.1) is 17.6 Å². The molecule has 0 saturated carbocycles. The molecule has 0 unspecified atom stereocenters. The van der Waals surface area contributed by atoms with Gasteiger partial charge in [-0.05, 0) is 29.3 Å². The van der Waals surface area contributed by atoms with E-state index in [0.717, 1.165) is 22.2 Å². The lowest BCUT2D eigenvalue weighted by Crippen LogP contribution is -2.17. The SMILES string of the molecule is O=c1c2cn(Cc3ccccc3)c3ccccc3c-2nn1Cc1ccc(Cl)cc1. The van der Waals surface area contributed by atoms with E-state index in [2.05, 4.69) is 27.9 Å². The van der Waals surface area contributed by atoms with Gasteiger partial charge < -0.3 is 4.57 Å². The highest BCUT2D eigenvalue weighted by atomic mass is 35.5. The summed E-state index contributed by atoms with van der Waals surface area (Å²) < 4.78 is 3.66. The fourth-order valence-corrected chi connectivity index (χ4v) is 3.83. The summed E-state index contributed by atoms with van der Waals surface area (Å²) >= 11 is 5.97. The van der Waals surface area contributed by atoms with Crippen LogP contribution in [0.5, 0.6) is 0 Å². The van der Waals surface area contributed by atoms with Crippen molar-refractivity contribution in [1.82, 2.24) is 14.3 Å². The van der Waals surface area contributed by atoms with Crippen molar-refractivity contribution in [1.29, 1.82) is 0 Å². The van der Waals surface area contributed by atoms with Crippen LogP contribution >= 0.6 is 11.6 Å². The zero-order valence-corrected chi connectivity index (χ0v) is 16.4. The summed E-state index contributed by atoms with van der Waals surface area (Å²) in [5.74, 6) is 0. The van der Waals surface area contributed by atoms with Crippen molar-refractivity contribution in [2.45, 2.75) is 13.1 Å². The predicted molar refractivity (Wildman–Crippen MR) is 117 cm³/mol. The van der Waals surface area contributed by atoms with Crippen molar-refractivity contribution in [2.75, 3.05) is 0 Å². The van der Waals surface area contributed by atoms with E-state index in [4.69, 9.17) is 11.6 Å². The van der Waals surface area contributed by atoms with Gasteiger partial charge >= 0.3 is 0 Å². The first-order valence-electron chi connectivity index (χ1n) is 9.46. The van der Waals surface area contributed by atoms with Crippen molar-refractivity contribution in [2.24, 2.45) is 0 Å². The average Bonchev–Trinajstić information content (AvgIpc) is 3.06. The van der Waals surface area contributed by atoms with Crippen LogP contribution < -0.4 is 5.56 Å². The Morgan fingerprint density at radius 3 is 2.28 bits per heavy atom. The number of nitrogens with zero attached hydrogens (tertiary/aromatic N) is 3. The molecule has 0 fully saturated rings. The van der Waals surface area contributed by atoms with Crippen molar-refractivity contribution in [3.05, 3.63) is 112 Å². The number of rotatable bonds is 4. The largest absolute Gasteiger partial charge is 0.342 e. The number of pyridine rings is 1. The van der Waals surface area contributed by atoms with E-state index >= 15 is 0 Å². The highest BCUT2D eigenvalue weighted by Crippen LogP contribution is 2.28. The van der Waals surface area contributed by atoms with Gasteiger partial charge in [0, 0.05) is 23.2 Å². The van der Waals surface area contributed by atoms with E-state index < -0.39 is 0 Å². The summed E-state index contributed by atoms with van der Waals surface area (Å²) in [5.41, 5.74) is 4.52. The molecule has 0 saturated heterocycles. The van der Waals surface area contributed by atoms with Gasteiger partial charge in [-0.15, -0.1) is 0 Å². The van der Waals surface area contributed by atoms with Crippen LogP contribution in [0.25, 0.3) is 22.2 Å². The minimum atomic E-state index is -0.0810. The molecule has 0 atom stereocenters. The summed E-state index contributed by atoms with van der Waals surface area (Å²) in [7, 11) is 0. The second-order valence-electron chi connectivity index (χ2n) is 7.11. The number of hydrogen-bond acceptors (Lipinski definition) is 2. The molecule has 2 aliphatic rings. The van der Waals surface area contributed by atoms with Gasteiger partial charge in [0.15, 0.2) is 0 Å². The maximum absolute atomic E-state index is 13.1. The molecule has 0 amide bonds. The van der Waals surface area contributed by atoms with E-state index in [1.807, 2.05) is 66.9 Å². The minimum absolute atomic E-state index is 0.0810. The first-order chi connectivity index (χ1) is 14.2. The van der Waals surface area contributed by atoms with Crippen molar-refractivity contribution >= 4 is 22.5 Å². The lowest BCUT2D eigenvalue weighted by molar-refractivity contribution is 0.670. The number of benzene rings is 3. The Bertz CT molecular complexity index is 1320. The normalized spacial score (nSPS) is 11.3. The molecule has 2 heterocycles. The third kappa shape index (κ3) is 3.32. The van der Waals surface area contributed by atoms with E-state index in [0.29, 0.717) is 23.7 Å². The third-order valence-electron chi connectivity index (χ3n) is 5.14. The fourth-order valence-electron chi connectivity index (χ4n) is 3.71. The van der Waals surface area contributed by atoms with E-state index in [1.165, 1.54) is 10.2 Å². The summed E-state index contributed by atoms with van der Waals surface area (Å²) in [4.78, 5) is 13.1. The number of hydrogen-bond donors (Lipinski definition) is 0. The Labute approximate surface area is 172 Å². The molecule has 0 bridgehead atoms. The standard InChI is InChI=1S/C24H18ClN3O/c25-19-12-10-18(11-13-19)15-28-24(29)21-16-27(14-17-6-2-1-3-7-17)22-9-5-4-8-20(22)23(21)26-28/h1-13,16H,14-15H2. The topological polar surface area (TPSA) is 39.8 Å². The Balaban J connectivity index is 1.65. The first kappa shape index (κ1) is 17.7. The van der Waals surface area contributed by atoms with Crippen LogP contribution in [-0.4, -0.2) is 14.3 Å². The van der Waals surface area contributed by atoms with Gasteiger partial charge in [-0.25, -0.2) is 4.68 Å². The Kier molecular flexibility index (Phi) is 4.41. The maximum atomic E-state index is 13.1. The number of fused-ring (bicyclic) bond motifs is 3. The summed E-state index contributed by atoms with van der Waals surface area (Å²) in [5, 5.41) is 6.32. The van der Waals surface area contributed by atoms with Crippen molar-refractivity contribution in [3.63, 3.8) is 0 Å². The predicted octanol–water partition coefficient (Wildman–Crippen LogP) is 5.05. The highest BCUT2D eigenvalue weighted by molar-refractivity contribution is 6.30. The van der Waals surface area contributed by atoms with E-state index in [-0.39, 0.29) is 5.56 Å². The molecule has 3 aromatic carbocycles. The smallest absolute Gasteiger partial charge is 0.278 e. The van der Waals surface area contributed by atoms with E-state index in [9.17, 15) is 4.79 Å². The Hall–Kier alpha value is -3.37. The van der Waals surface area contributed by atoms with Crippen LogP contribution in [0.2, 0.25) is 5.02 Å². The molecule has 0 N–H and O–H groups in total. The summed E-state index contributed by atoms with van der Waals surface area (Å²) in [6.07, 6.45) is 1.93. The minimum Gasteiger partial charge on any atom is -0.342 e. The van der Waals surface area contributed by atoms with Gasteiger partial charge in [0.25, 0.3) is 5.56 Å². The molecule has 4 nitrogen and oxygen atoms in total. The van der Waals surface area contributed by atoms with Gasteiger partial charge in [-0.1, -0.05) is 72.3 Å². The quantitative estimate of drug-likeness (QED) is 0.424. The average molecular weight is 400 g/mol. The second kappa shape index (κ2) is 7.22. The van der Waals surface area contributed by atoms with Crippen LogP contribution in [0, 0.1) is 0 Å². The molecule has 0 spiro atoms. The molecular formula is C24H18ClN3O. The molecular weight excluding hydrogens is 382 g/mol. The van der Waals surface area contributed by atoms with Crippen molar-refractivity contribution < 1.29 is 0 Å². The van der Waals surface area contributed by atoms with Gasteiger partial charge in [-0.3, -0.25) is 4.79 Å². The summed E-state index contributed by atoms with van der Waals surface area (Å²) in [6.45, 7) is 1.11. The molecule has 29 heavy (non-hydrogen) atoms. The van der Waals surface area contributed by atoms with Crippen molar-refractivity contribution in [3.8, 4) is 11.3 Å².